The fraction of sp³-hybridized carbons (Fsp3) is 0.200. The minimum Gasteiger partial charge on any atom is -0.343 e. The Bertz CT molecular complexity index is 1050. The molecule has 0 spiro atoms. The number of hydrogen-bond donors (Lipinski definition) is 1. The molecule has 1 N–H and O–H groups in total. The van der Waals surface area contributed by atoms with Crippen molar-refractivity contribution in [3.63, 3.8) is 0 Å². The molecule has 0 radical (unpaired) electrons. The van der Waals surface area contributed by atoms with Crippen molar-refractivity contribution in [3.05, 3.63) is 85.5 Å². The van der Waals surface area contributed by atoms with Crippen molar-refractivity contribution in [2.24, 2.45) is 0 Å². The zero-order chi connectivity index (χ0) is 19.4. The number of nitriles is 1. The number of thiophene rings is 1. The summed E-state index contributed by atoms with van der Waals surface area (Å²) in [4.78, 5) is 26.0. The highest BCUT2D eigenvalue weighted by atomic mass is 32.1. The lowest BCUT2D eigenvalue weighted by atomic mass is 10.1. The SMILES string of the molecule is Cc1nn(CC(=O)NC(c2ccccc2)c2cccs2)c(=O)c(C#N)c1C. The first-order valence-electron chi connectivity index (χ1n) is 8.37. The van der Waals surface area contributed by atoms with Crippen molar-refractivity contribution < 1.29 is 4.79 Å². The quantitative estimate of drug-likeness (QED) is 0.739. The average molecular weight is 378 g/mol. The van der Waals surface area contributed by atoms with Gasteiger partial charge in [0.15, 0.2) is 0 Å². The summed E-state index contributed by atoms with van der Waals surface area (Å²) in [5.74, 6) is -0.348. The lowest BCUT2D eigenvalue weighted by Crippen LogP contribution is -2.37. The van der Waals surface area contributed by atoms with Gasteiger partial charge < -0.3 is 5.32 Å². The molecule has 1 aromatic carbocycles. The van der Waals surface area contributed by atoms with Crippen molar-refractivity contribution in [2.45, 2.75) is 26.4 Å². The standard InChI is InChI=1S/C20H18N4O2S/c1-13-14(2)23-24(20(26)16(13)11-21)12-18(25)22-19(17-9-6-10-27-17)15-7-4-3-5-8-15/h3-10,19H,12H2,1-2H3,(H,22,25). The van der Waals surface area contributed by atoms with Crippen LogP contribution in [0.5, 0.6) is 0 Å². The Morgan fingerprint density at radius 3 is 2.63 bits per heavy atom. The molecular formula is C20H18N4O2S. The smallest absolute Gasteiger partial charge is 0.285 e. The number of carbonyl (C=O) groups is 1. The number of benzene rings is 1. The topological polar surface area (TPSA) is 87.8 Å². The van der Waals surface area contributed by atoms with Crippen LogP contribution in [0, 0.1) is 25.2 Å². The second-order valence-corrected chi connectivity index (χ2v) is 7.07. The molecule has 0 saturated heterocycles. The number of nitrogens with zero attached hydrogens (tertiary/aromatic N) is 3. The zero-order valence-corrected chi connectivity index (χ0v) is 15.8. The summed E-state index contributed by atoms with van der Waals surface area (Å²) in [6, 6.07) is 15.1. The van der Waals surface area contributed by atoms with E-state index in [9.17, 15) is 14.9 Å². The van der Waals surface area contributed by atoms with Crippen LogP contribution < -0.4 is 10.9 Å². The van der Waals surface area contributed by atoms with Gasteiger partial charge in [-0.25, -0.2) is 4.68 Å². The normalized spacial score (nSPS) is 11.6. The van der Waals surface area contributed by atoms with Crippen LogP contribution in [-0.4, -0.2) is 15.7 Å². The van der Waals surface area contributed by atoms with Crippen molar-refractivity contribution in [1.82, 2.24) is 15.1 Å². The van der Waals surface area contributed by atoms with Gasteiger partial charge in [0.1, 0.15) is 18.2 Å². The van der Waals surface area contributed by atoms with Gasteiger partial charge in [-0.05, 0) is 36.4 Å². The fourth-order valence-electron chi connectivity index (χ4n) is 2.77. The van der Waals surface area contributed by atoms with Crippen molar-refractivity contribution in [2.75, 3.05) is 0 Å². The van der Waals surface area contributed by atoms with Gasteiger partial charge in [-0.3, -0.25) is 9.59 Å². The molecule has 1 unspecified atom stereocenters. The second-order valence-electron chi connectivity index (χ2n) is 6.09. The molecule has 2 heterocycles. The Morgan fingerprint density at radius 1 is 1.26 bits per heavy atom. The Labute approximate surface area is 160 Å². The predicted molar refractivity (Wildman–Crippen MR) is 103 cm³/mol. The number of amides is 1. The summed E-state index contributed by atoms with van der Waals surface area (Å²) in [5.41, 5.74) is 1.51. The van der Waals surface area contributed by atoms with Gasteiger partial charge in [-0.1, -0.05) is 36.4 Å². The maximum Gasteiger partial charge on any atom is 0.285 e. The van der Waals surface area contributed by atoms with E-state index >= 15 is 0 Å². The van der Waals surface area contributed by atoms with Crippen LogP contribution in [0.1, 0.15) is 33.3 Å². The van der Waals surface area contributed by atoms with Gasteiger partial charge in [0.25, 0.3) is 5.56 Å². The van der Waals surface area contributed by atoms with E-state index in [0.717, 1.165) is 15.1 Å². The largest absolute Gasteiger partial charge is 0.343 e. The highest BCUT2D eigenvalue weighted by Crippen LogP contribution is 2.25. The fourth-order valence-corrected chi connectivity index (χ4v) is 3.58. The van der Waals surface area contributed by atoms with Crippen LogP contribution in [0.15, 0.2) is 52.6 Å². The summed E-state index contributed by atoms with van der Waals surface area (Å²) >= 11 is 1.55. The van der Waals surface area contributed by atoms with Gasteiger partial charge in [-0.2, -0.15) is 10.4 Å². The summed E-state index contributed by atoms with van der Waals surface area (Å²) < 4.78 is 1.05. The molecule has 1 amide bonds. The molecule has 0 aliphatic heterocycles. The lowest BCUT2D eigenvalue weighted by molar-refractivity contribution is -0.122. The summed E-state index contributed by atoms with van der Waals surface area (Å²) in [7, 11) is 0. The molecule has 3 rings (SSSR count). The first-order chi connectivity index (χ1) is 13.0. The maximum atomic E-state index is 12.7. The summed E-state index contributed by atoms with van der Waals surface area (Å²) in [6.45, 7) is 3.14. The van der Waals surface area contributed by atoms with E-state index in [-0.39, 0.29) is 24.1 Å². The Kier molecular flexibility index (Phi) is 5.48. The molecule has 1 atom stereocenters. The van der Waals surface area contributed by atoms with E-state index in [1.54, 1.807) is 25.2 Å². The van der Waals surface area contributed by atoms with Gasteiger partial charge >= 0.3 is 0 Å². The number of carbonyl (C=O) groups excluding carboxylic acids is 1. The Morgan fingerprint density at radius 2 is 2.00 bits per heavy atom. The van der Waals surface area contributed by atoms with Gasteiger partial charge in [0.2, 0.25) is 5.91 Å². The molecule has 3 aromatic rings. The molecule has 0 saturated carbocycles. The molecule has 0 aliphatic carbocycles. The molecule has 2 aromatic heterocycles. The minimum absolute atomic E-state index is 0.0215. The monoisotopic (exact) mass is 378 g/mol. The van der Waals surface area contributed by atoms with Crippen molar-refractivity contribution >= 4 is 17.2 Å². The number of aromatic nitrogens is 2. The van der Waals surface area contributed by atoms with E-state index in [4.69, 9.17) is 0 Å². The van der Waals surface area contributed by atoms with E-state index in [1.807, 2.05) is 53.9 Å². The third-order valence-electron chi connectivity index (χ3n) is 4.31. The van der Waals surface area contributed by atoms with E-state index in [2.05, 4.69) is 10.4 Å². The molecule has 0 bridgehead atoms. The van der Waals surface area contributed by atoms with Crippen LogP contribution in [0.2, 0.25) is 0 Å². The zero-order valence-electron chi connectivity index (χ0n) is 15.0. The molecular weight excluding hydrogens is 360 g/mol. The van der Waals surface area contributed by atoms with Crippen LogP contribution in [0.4, 0.5) is 0 Å². The number of hydrogen-bond acceptors (Lipinski definition) is 5. The first-order valence-corrected chi connectivity index (χ1v) is 9.25. The molecule has 7 heteroatoms. The Hall–Kier alpha value is -3.24. The van der Waals surface area contributed by atoms with Gasteiger partial charge in [0.05, 0.1) is 11.7 Å². The second kappa shape index (κ2) is 7.98. The first kappa shape index (κ1) is 18.5. The van der Waals surface area contributed by atoms with Crippen LogP contribution in [0.3, 0.4) is 0 Å². The average Bonchev–Trinajstić information content (AvgIpc) is 3.20. The maximum absolute atomic E-state index is 12.7. The summed E-state index contributed by atoms with van der Waals surface area (Å²) in [6.07, 6.45) is 0. The number of rotatable bonds is 5. The number of nitrogens with one attached hydrogen (secondary N) is 1. The summed E-state index contributed by atoms with van der Waals surface area (Å²) in [5, 5.41) is 18.3. The van der Waals surface area contributed by atoms with Crippen LogP contribution in [-0.2, 0) is 11.3 Å². The van der Waals surface area contributed by atoms with Gasteiger partial charge in [-0.15, -0.1) is 11.3 Å². The van der Waals surface area contributed by atoms with Crippen molar-refractivity contribution in [1.29, 1.82) is 5.26 Å². The van der Waals surface area contributed by atoms with Gasteiger partial charge in [0, 0.05) is 4.88 Å². The van der Waals surface area contributed by atoms with E-state index in [0.29, 0.717) is 11.3 Å². The molecule has 0 fully saturated rings. The predicted octanol–water partition coefficient (Wildman–Crippen LogP) is 2.70. The van der Waals surface area contributed by atoms with Crippen LogP contribution in [0.25, 0.3) is 0 Å². The van der Waals surface area contributed by atoms with E-state index < -0.39 is 5.56 Å². The van der Waals surface area contributed by atoms with Crippen molar-refractivity contribution in [3.8, 4) is 6.07 Å². The third kappa shape index (κ3) is 3.96. The molecule has 136 valence electrons. The molecule has 0 aliphatic rings. The molecule has 27 heavy (non-hydrogen) atoms. The highest BCUT2D eigenvalue weighted by Gasteiger charge is 2.19. The van der Waals surface area contributed by atoms with E-state index in [1.165, 1.54) is 0 Å². The Balaban J connectivity index is 1.87. The number of aryl methyl sites for hydroxylation is 1. The lowest BCUT2D eigenvalue weighted by Gasteiger charge is -2.18. The third-order valence-corrected chi connectivity index (χ3v) is 5.24. The van der Waals surface area contributed by atoms with Crippen LogP contribution >= 0.6 is 11.3 Å². The molecule has 6 nitrogen and oxygen atoms in total. The highest BCUT2D eigenvalue weighted by molar-refractivity contribution is 7.10. The minimum atomic E-state index is -0.553.